The third kappa shape index (κ3) is 4.26. The van der Waals surface area contributed by atoms with Gasteiger partial charge in [0.15, 0.2) is 0 Å². The molecule has 3 aromatic heterocycles. The van der Waals surface area contributed by atoms with Gasteiger partial charge in [0.2, 0.25) is 0 Å². The molecular formula is C21H22N6O2S2. The van der Waals surface area contributed by atoms with Gasteiger partial charge in [0.05, 0.1) is 16.8 Å². The quantitative estimate of drug-likeness (QED) is 0.334. The van der Waals surface area contributed by atoms with E-state index in [9.17, 15) is 9.59 Å². The van der Waals surface area contributed by atoms with Crippen LogP contribution in [0.1, 0.15) is 24.5 Å². The Hall–Kier alpha value is -2.98. The van der Waals surface area contributed by atoms with Crippen molar-refractivity contribution in [1.82, 2.24) is 23.8 Å². The predicted octanol–water partition coefficient (Wildman–Crippen LogP) is 2.92. The Bertz CT molecular complexity index is 1230. The molecule has 1 amide bonds. The van der Waals surface area contributed by atoms with Crippen LogP contribution in [0.2, 0.25) is 0 Å². The van der Waals surface area contributed by atoms with Crippen LogP contribution in [0.5, 0.6) is 0 Å². The van der Waals surface area contributed by atoms with E-state index in [1.54, 1.807) is 24.8 Å². The van der Waals surface area contributed by atoms with E-state index in [-0.39, 0.29) is 11.5 Å². The van der Waals surface area contributed by atoms with Crippen LogP contribution in [-0.4, -0.2) is 47.2 Å². The van der Waals surface area contributed by atoms with E-state index < -0.39 is 0 Å². The third-order valence-electron chi connectivity index (χ3n) is 4.99. The summed E-state index contributed by atoms with van der Waals surface area (Å²) in [4.78, 5) is 36.7. The van der Waals surface area contributed by atoms with E-state index in [4.69, 9.17) is 17.2 Å². The van der Waals surface area contributed by atoms with Crippen molar-refractivity contribution >= 4 is 51.7 Å². The summed E-state index contributed by atoms with van der Waals surface area (Å²) in [5.74, 6) is 0.281. The molecule has 8 nitrogen and oxygen atoms in total. The van der Waals surface area contributed by atoms with Crippen LogP contribution in [0.15, 0.2) is 46.8 Å². The smallest absolute Gasteiger partial charge is 0.267 e. The third-order valence-corrected chi connectivity index (χ3v) is 6.37. The number of aryl methyl sites for hydroxylation is 2. The number of amides is 1. The Kier molecular flexibility index (Phi) is 6.19. The first-order chi connectivity index (χ1) is 15.0. The van der Waals surface area contributed by atoms with Crippen LogP contribution in [0.25, 0.3) is 11.7 Å². The normalized spacial score (nSPS) is 15.4. The number of aromatic nitrogens is 4. The number of anilines is 1. The van der Waals surface area contributed by atoms with Crippen molar-refractivity contribution in [2.75, 3.05) is 18.4 Å². The van der Waals surface area contributed by atoms with Crippen molar-refractivity contribution in [2.24, 2.45) is 0 Å². The number of fused-ring (bicyclic) bond motifs is 1. The molecule has 0 bridgehead atoms. The second-order valence-electron chi connectivity index (χ2n) is 7.07. The summed E-state index contributed by atoms with van der Waals surface area (Å²) >= 11 is 6.51. The van der Waals surface area contributed by atoms with E-state index in [0.717, 1.165) is 18.5 Å². The van der Waals surface area contributed by atoms with Gasteiger partial charge >= 0.3 is 0 Å². The van der Waals surface area contributed by atoms with Crippen molar-refractivity contribution in [3.63, 3.8) is 0 Å². The topological polar surface area (TPSA) is 84.5 Å². The molecule has 0 aromatic carbocycles. The first-order valence-corrected chi connectivity index (χ1v) is 11.2. The Morgan fingerprint density at radius 2 is 2.13 bits per heavy atom. The Morgan fingerprint density at radius 3 is 2.84 bits per heavy atom. The van der Waals surface area contributed by atoms with E-state index in [2.05, 4.69) is 10.3 Å². The summed E-state index contributed by atoms with van der Waals surface area (Å²) < 4.78 is 4.00. The Morgan fingerprint density at radius 1 is 1.29 bits per heavy atom. The molecule has 4 heterocycles. The van der Waals surface area contributed by atoms with E-state index in [1.165, 1.54) is 21.1 Å². The molecule has 0 spiro atoms. The Labute approximate surface area is 189 Å². The lowest BCUT2D eigenvalue weighted by atomic mass is 10.2. The zero-order valence-electron chi connectivity index (χ0n) is 17.2. The molecule has 0 atom stereocenters. The van der Waals surface area contributed by atoms with E-state index in [1.807, 2.05) is 36.7 Å². The molecule has 160 valence electrons. The summed E-state index contributed by atoms with van der Waals surface area (Å²) in [5.41, 5.74) is 1.60. The zero-order chi connectivity index (χ0) is 22.0. The lowest BCUT2D eigenvalue weighted by Crippen LogP contribution is -2.27. The van der Waals surface area contributed by atoms with Gasteiger partial charge in [0.1, 0.15) is 15.8 Å². The number of thioether (sulfide) groups is 1. The van der Waals surface area contributed by atoms with Crippen molar-refractivity contribution in [3.8, 4) is 0 Å². The average Bonchev–Trinajstić information content (AvgIpc) is 3.36. The maximum absolute atomic E-state index is 13.3. The van der Waals surface area contributed by atoms with Crippen molar-refractivity contribution in [1.29, 1.82) is 0 Å². The number of nitrogens with one attached hydrogen (secondary N) is 1. The zero-order valence-corrected chi connectivity index (χ0v) is 18.9. The molecule has 1 fully saturated rings. The molecule has 0 aliphatic carbocycles. The van der Waals surface area contributed by atoms with Crippen LogP contribution in [0, 0.1) is 6.92 Å². The van der Waals surface area contributed by atoms with Crippen LogP contribution < -0.4 is 10.9 Å². The van der Waals surface area contributed by atoms with Crippen molar-refractivity contribution in [3.05, 3.63) is 63.4 Å². The average molecular weight is 455 g/mol. The fourth-order valence-electron chi connectivity index (χ4n) is 3.37. The first-order valence-electron chi connectivity index (χ1n) is 9.96. The first kappa shape index (κ1) is 21.3. The minimum absolute atomic E-state index is 0.183. The number of nitrogens with zero attached hydrogens (tertiary/aromatic N) is 5. The van der Waals surface area contributed by atoms with Gasteiger partial charge in [-0.25, -0.2) is 9.97 Å². The summed E-state index contributed by atoms with van der Waals surface area (Å²) in [7, 11) is 0. The highest BCUT2D eigenvalue weighted by Gasteiger charge is 2.31. The molecule has 10 heteroatoms. The highest BCUT2D eigenvalue weighted by Crippen LogP contribution is 2.32. The molecular weight excluding hydrogens is 432 g/mol. The highest BCUT2D eigenvalue weighted by molar-refractivity contribution is 8.26. The highest BCUT2D eigenvalue weighted by atomic mass is 32.2. The van der Waals surface area contributed by atoms with Gasteiger partial charge in [-0.05, 0) is 38.0 Å². The molecule has 4 rings (SSSR count). The summed E-state index contributed by atoms with van der Waals surface area (Å²) in [5, 5.41) is 3.29. The molecule has 0 unspecified atom stereocenters. The molecule has 0 saturated carbocycles. The second kappa shape index (κ2) is 9.03. The molecule has 31 heavy (non-hydrogen) atoms. The SMILES string of the molecule is CCN1C(=O)/C(=C/c2c(NCCCn3ccnc3)nc3c(C)cccn3c2=O)SC1=S. The number of imidazole rings is 1. The van der Waals surface area contributed by atoms with Gasteiger partial charge in [-0.3, -0.25) is 18.9 Å². The number of carbonyl (C=O) groups excluding carboxylic acids is 1. The molecule has 3 aromatic rings. The minimum Gasteiger partial charge on any atom is -0.369 e. The molecule has 1 aliphatic heterocycles. The largest absolute Gasteiger partial charge is 0.369 e. The van der Waals surface area contributed by atoms with Crippen LogP contribution in [0.4, 0.5) is 5.82 Å². The minimum atomic E-state index is -0.229. The number of hydrogen-bond acceptors (Lipinski definition) is 7. The molecule has 1 saturated heterocycles. The predicted molar refractivity (Wildman–Crippen MR) is 127 cm³/mol. The van der Waals surface area contributed by atoms with E-state index in [0.29, 0.717) is 39.3 Å². The summed E-state index contributed by atoms with van der Waals surface area (Å²) in [6.45, 7) is 5.69. The second-order valence-corrected chi connectivity index (χ2v) is 8.75. The number of rotatable bonds is 7. The monoisotopic (exact) mass is 454 g/mol. The van der Waals surface area contributed by atoms with Gasteiger partial charge in [-0.15, -0.1) is 0 Å². The standard InChI is InChI=1S/C21H22N6O2S2/c1-3-26-20(29)16(31-21(26)30)12-15-17(23-7-5-9-25-11-8-22-13-25)24-18-14(2)6-4-10-27(18)19(15)28/h4,6,8,10-13,23H,3,5,7,9H2,1-2H3/b16-12-. The summed E-state index contributed by atoms with van der Waals surface area (Å²) in [6.07, 6.45) is 9.54. The van der Waals surface area contributed by atoms with Crippen molar-refractivity contribution in [2.45, 2.75) is 26.8 Å². The van der Waals surface area contributed by atoms with E-state index >= 15 is 0 Å². The number of carbonyl (C=O) groups is 1. The van der Waals surface area contributed by atoms with Gasteiger partial charge in [-0.1, -0.05) is 30.0 Å². The lowest BCUT2D eigenvalue weighted by Gasteiger charge is -2.12. The molecule has 1 N–H and O–H groups in total. The number of likely N-dealkylation sites (N-methyl/N-ethyl adjacent to an activating group) is 1. The lowest BCUT2D eigenvalue weighted by molar-refractivity contribution is -0.121. The number of pyridine rings is 1. The van der Waals surface area contributed by atoms with Gasteiger partial charge < -0.3 is 9.88 Å². The maximum atomic E-state index is 13.3. The molecule has 0 radical (unpaired) electrons. The summed E-state index contributed by atoms with van der Waals surface area (Å²) in [6, 6.07) is 3.72. The fourth-order valence-corrected chi connectivity index (χ4v) is 4.73. The maximum Gasteiger partial charge on any atom is 0.267 e. The number of thiocarbonyl (C=S) groups is 1. The van der Waals surface area contributed by atoms with Gasteiger partial charge in [-0.2, -0.15) is 0 Å². The van der Waals surface area contributed by atoms with Gasteiger partial charge in [0.25, 0.3) is 11.5 Å². The Balaban J connectivity index is 1.70. The molecule has 1 aliphatic rings. The van der Waals surface area contributed by atoms with Crippen LogP contribution in [-0.2, 0) is 11.3 Å². The fraction of sp³-hybridized carbons (Fsp3) is 0.286. The van der Waals surface area contributed by atoms with Crippen molar-refractivity contribution < 1.29 is 4.79 Å². The van der Waals surface area contributed by atoms with Gasteiger partial charge in [0, 0.05) is 38.2 Å². The number of hydrogen-bond donors (Lipinski definition) is 1. The van der Waals surface area contributed by atoms with Crippen LogP contribution >= 0.6 is 24.0 Å². The van der Waals surface area contributed by atoms with Crippen LogP contribution in [0.3, 0.4) is 0 Å².